The Balaban J connectivity index is 1.87. The maximum atomic E-state index is 12.4. The molecule has 7 nitrogen and oxygen atoms in total. The molecule has 0 fully saturated rings. The molecule has 0 unspecified atom stereocenters. The molecule has 0 bridgehead atoms. The average Bonchev–Trinajstić information content (AvgIpc) is 2.72. The standard InChI is InChI=1S/C21H24N2O5/c1-15(22-19(24)14-28-17-11-7-4-8-12-17)20(25)23-18(21(26)27-2)13-16-9-5-3-6-10-16/h3-12,15,18H,13-14H2,1-2H3,(H,22,24)(H,23,25)/t15-,18-/m0/s1. The van der Waals surface area contributed by atoms with E-state index in [2.05, 4.69) is 10.6 Å². The fourth-order valence-corrected chi connectivity index (χ4v) is 2.50. The zero-order valence-corrected chi connectivity index (χ0v) is 15.9. The van der Waals surface area contributed by atoms with Gasteiger partial charge in [0.25, 0.3) is 5.91 Å². The van der Waals surface area contributed by atoms with Gasteiger partial charge in [0.2, 0.25) is 5.91 Å². The van der Waals surface area contributed by atoms with Crippen LogP contribution in [-0.2, 0) is 25.5 Å². The summed E-state index contributed by atoms with van der Waals surface area (Å²) in [5.74, 6) is -0.921. The van der Waals surface area contributed by atoms with Crippen molar-refractivity contribution in [3.8, 4) is 5.75 Å². The highest BCUT2D eigenvalue weighted by Gasteiger charge is 2.25. The number of hydrogen-bond donors (Lipinski definition) is 2. The lowest BCUT2D eigenvalue weighted by Crippen LogP contribution is -2.52. The summed E-state index contributed by atoms with van der Waals surface area (Å²) < 4.78 is 10.1. The minimum absolute atomic E-state index is 0.216. The molecule has 0 saturated carbocycles. The van der Waals surface area contributed by atoms with Crippen LogP contribution < -0.4 is 15.4 Å². The van der Waals surface area contributed by atoms with Crippen LogP contribution in [0.3, 0.4) is 0 Å². The molecule has 0 saturated heterocycles. The van der Waals surface area contributed by atoms with E-state index in [-0.39, 0.29) is 13.0 Å². The molecular weight excluding hydrogens is 360 g/mol. The van der Waals surface area contributed by atoms with Gasteiger partial charge in [-0.3, -0.25) is 9.59 Å². The van der Waals surface area contributed by atoms with E-state index in [9.17, 15) is 14.4 Å². The van der Waals surface area contributed by atoms with Crippen molar-refractivity contribution in [3.05, 3.63) is 66.2 Å². The maximum absolute atomic E-state index is 12.4. The molecule has 2 aromatic rings. The lowest BCUT2D eigenvalue weighted by Gasteiger charge is -2.20. The van der Waals surface area contributed by atoms with Crippen molar-refractivity contribution in [1.82, 2.24) is 10.6 Å². The zero-order chi connectivity index (χ0) is 20.4. The Morgan fingerprint density at radius 3 is 2.14 bits per heavy atom. The highest BCUT2D eigenvalue weighted by molar-refractivity contribution is 5.90. The number of rotatable bonds is 9. The smallest absolute Gasteiger partial charge is 0.328 e. The molecule has 0 aliphatic heterocycles. The Morgan fingerprint density at radius 2 is 1.54 bits per heavy atom. The summed E-state index contributed by atoms with van der Waals surface area (Å²) in [6.07, 6.45) is 0.289. The Bertz CT molecular complexity index is 780. The first kappa shape index (κ1) is 21.0. The third kappa shape index (κ3) is 6.75. The van der Waals surface area contributed by atoms with Gasteiger partial charge in [-0.05, 0) is 24.6 Å². The normalized spacial score (nSPS) is 12.4. The minimum atomic E-state index is -0.847. The Hall–Kier alpha value is -3.35. The highest BCUT2D eigenvalue weighted by atomic mass is 16.5. The third-order valence-electron chi connectivity index (χ3n) is 3.97. The van der Waals surface area contributed by atoms with E-state index >= 15 is 0 Å². The molecule has 7 heteroatoms. The molecule has 28 heavy (non-hydrogen) atoms. The molecule has 0 aliphatic rings. The van der Waals surface area contributed by atoms with E-state index in [0.29, 0.717) is 5.75 Å². The predicted molar refractivity (Wildman–Crippen MR) is 104 cm³/mol. The number of hydrogen-bond acceptors (Lipinski definition) is 5. The second-order valence-corrected chi connectivity index (χ2v) is 6.16. The molecule has 2 N–H and O–H groups in total. The lowest BCUT2D eigenvalue weighted by molar-refractivity contribution is -0.145. The molecule has 0 heterocycles. The van der Waals surface area contributed by atoms with Gasteiger partial charge in [-0.1, -0.05) is 48.5 Å². The SMILES string of the molecule is COC(=O)[C@H](Cc1ccccc1)NC(=O)[C@H](C)NC(=O)COc1ccccc1. The molecule has 148 valence electrons. The fourth-order valence-electron chi connectivity index (χ4n) is 2.50. The summed E-state index contributed by atoms with van der Waals surface area (Å²) in [5, 5.41) is 5.17. The minimum Gasteiger partial charge on any atom is -0.484 e. The first-order valence-electron chi connectivity index (χ1n) is 8.89. The number of carbonyl (C=O) groups is 3. The van der Waals surface area contributed by atoms with Crippen molar-refractivity contribution in [3.63, 3.8) is 0 Å². The van der Waals surface area contributed by atoms with Gasteiger partial charge in [0, 0.05) is 6.42 Å². The summed E-state index contributed by atoms with van der Waals surface area (Å²) in [4.78, 5) is 36.4. The van der Waals surface area contributed by atoms with Crippen LogP contribution in [0.1, 0.15) is 12.5 Å². The van der Waals surface area contributed by atoms with Gasteiger partial charge < -0.3 is 20.1 Å². The second-order valence-electron chi connectivity index (χ2n) is 6.16. The van der Waals surface area contributed by atoms with Crippen LogP contribution in [0.2, 0.25) is 0 Å². The summed E-state index contributed by atoms with van der Waals surface area (Å²) in [7, 11) is 1.26. The summed E-state index contributed by atoms with van der Waals surface area (Å²) >= 11 is 0. The van der Waals surface area contributed by atoms with Gasteiger partial charge in [0.15, 0.2) is 6.61 Å². The van der Waals surface area contributed by atoms with Crippen LogP contribution in [0.25, 0.3) is 0 Å². The van der Waals surface area contributed by atoms with E-state index in [1.165, 1.54) is 14.0 Å². The van der Waals surface area contributed by atoms with E-state index in [1.807, 2.05) is 36.4 Å². The van der Waals surface area contributed by atoms with Crippen molar-refractivity contribution in [2.24, 2.45) is 0 Å². The number of benzene rings is 2. The van der Waals surface area contributed by atoms with E-state index in [1.54, 1.807) is 24.3 Å². The van der Waals surface area contributed by atoms with Gasteiger partial charge in [0.1, 0.15) is 17.8 Å². The number of ether oxygens (including phenoxy) is 2. The van der Waals surface area contributed by atoms with Crippen molar-refractivity contribution < 1.29 is 23.9 Å². The highest BCUT2D eigenvalue weighted by Crippen LogP contribution is 2.08. The van der Waals surface area contributed by atoms with Crippen molar-refractivity contribution in [2.45, 2.75) is 25.4 Å². The number of nitrogens with one attached hydrogen (secondary N) is 2. The zero-order valence-electron chi connectivity index (χ0n) is 15.9. The number of carbonyl (C=O) groups excluding carboxylic acids is 3. The summed E-state index contributed by atoms with van der Waals surface area (Å²) in [6.45, 7) is 1.32. The number of para-hydroxylation sites is 1. The van der Waals surface area contributed by atoms with E-state index < -0.39 is 29.9 Å². The largest absolute Gasteiger partial charge is 0.484 e. The third-order valence-corrected chi connectivity index (χ3v) is 3.97. The fraction of sp³-hybridized carbons (Fsp3) is 0.286. The van der Waals surface area contributed by atoms with Gasteiger partial charge >= 0.3 is 5.97 Å². The van der Waals surface area contributed by atoms with E-state index in [4.69, 9.17) is 9.47 Å². The van der Waals surface area contributed by atoms with Crippen LogP contribution in [0, 0.1) is 0 Å². The molecule has 0 radical (unpaired) electrons. The van der Waals surface area contributed by atoms with Gasteiger partial charge in [-0.25, -0.2) is 4.79 Å². The number of amides is 2. The average molecular weight is 384 g/mol. The van der Waals surface area contributed by atoms with Gasteiger partial charge in [-0.2, -0.15) is 0 Å². The monoisotopic (exact) mass is 384 g/mol. The second kappa shape index (κ2) is 10.7. The molecule has 0 spiro atoms. The topological polar surface area (TPSA) is 93.7 Å². The van der Waals surface area contributed by atoms with E-state index in [0.717, 1.165) is 5.56 Å². The van der Waals surface area contributed by atoms with Gasteiger partial charge in [-0.15, -0.1) is 0 Å². The van der Waals surface area contributed by atoms with Crippen molar-refractivity contribution in [2.75, 3.05) is 13.7 Å². The summed E-state index contributed by atoms with van der Waals surface area (Å²) in [6, 6.07) is 16.5. The molecule has 2 aromatic carbocycles. The van der Waals surface area contributed by atoms with Crippen LogP contribution in [0.5, 0.6) is 5.75 Å². The first-order chi connectivity index (χ1) is 13.5. The quantitative estimate of drug-likeness (QED) is 0.639. The van der Waals surface area contributed by atoms with Gasteiger partial charge in [0.05, 0.1) is 7.11 Å². The van der Waals surface area contributed by atoms with Crippen LogP contribution in [0.4, 0.5) is 0 Å². The predicted octanol–water partition coefficient (Wildman–Crippen LogP) is 1.47. The Labute approximate surface area is 164 Å². The van der Waals surface area contributed by atoms with Crippen LogP contribution in [-0.4, -0.2) is 43.6 Å². The van der Waals surface area contributed by atoms with Crippen molar-refractivity contribution in [1.29, 1.82) is 0 Å². The summed E-state index contributed by atoms with van der Waals surface area (Å²) in [5.41, 5.74) is 0.881. The molecule has 0 aliphatic carbocycles. The Kier molecular flexibility index (Phi) is 8.02. The number of esters is 1. The Morgan fingerprint density at radius 1 is 0.929 bits per heavy atom. The maximum Gasteiger partial charge on any atom is 0.328 e. The number of methoxy groups -OCH3 is 1. The molecule has 2 atom stereocenters. The molecule has 0 aromatic heterocycles. The first-order valence-corrected chi connectivity index (χ1v) is 8.89. The van der Waals surface area contributed by atoms with Crippen LogP contribution in [0.15, 0.2) is 60.7 Å². The molecule has 2 rings (SSSR count). The van der Waals surface area contributed by atoms with Crippen molar-refractivity contribution >= 4 is 17.8 Å². The molecule has 2 amide bonds. The molecular formula is C21H24N2O5. The lowest BCUT2D eigenvalue weighted by atomic mass is 10.1. The van der Waals surface area contributed by atoms with Crippen LogP contribution >= 0.6 is 0 Å².